The molecule has 0 saturated heterocycles. The van der Waals surface area contributed by atoms with Crippen molar-refractivity contribution < 1.29 is 9.94 Å². The highest BCUT2D eigenvalue weighted by molar-refractivity contribution is 6.30. The number of amidine groups is 1. The molecule has 0 aromatic heterocycles. The first-order chi connectivity index (χ1) is 10.6. The second-order valence-corrected chi connectivity index (χ2v) is 4.91. The van der Waals surface area contributed by atoms with Crippen molar-refractivity contribution in [2.75, 3.05) is 14.2 Å². The fourth-order valence-electron chi connectivity index (χ4n) is 1.81. The van der Waals surface area contributed by atoms with Crippen LogP contribution in [0.15, 0.2) is 58.8 Å². The quantitative estimate of drug-likeness (QED) is 0.407. The van der Waals surface area contributed by atoms with Crippen LogP contribution in [0.3, 0.4) is 0 Å². The predicted molar refractivity (Wildman–Crippen MR) is 88.1 cm³/mol. The van der Waals surface area contributed by atoms with E-state index >= 15 is 0 Å². The third-order valence-corrected chi connectivity index (χ3v) is 3.25. The summed E-state index contributed by atoms with van der Waals surface area (Å²) in [4.78, 5) is 0. The summed E-state index contributed by atoms with van der Waals surface area (Å²) in [6.07, 6.45) is 1.67. The van der Waals surface area contributed by atoms with Gasteiger partial charge in [-0.15, -0.1) is 0 Å². The molecule has 0 heterocycles. The van der Waals surface area contributed by atoms with E-state index in [0.717, 1.165) is 11.3 Å². The van der Waals surface area contributed by atoms with Crippen LogP contribution in [-0.2, 0) is 0 Å². The summed E-state index contributed by atoms with van der Waals surface area (Å²) in [5.41, 5.74) is 1.61. The third-order valence-electron chi connectivity index (χ3n) is 3.00. The van der Waals surface area contributed by atoms with E-state index in [-0.39, 0.29) is 0 Å². The average molecular weight is 318 g/mol. The lowest BCUT2D eigenvalue weighted by Gasteiger charge is -2.14. The Kier molecular flexibility index (Phi) is 5.38. The van der Waals surface area contributed by atoms with Gasteiger partial charge in [0.2, 0.25) is 0 Å². The van der Waals surface area contributed by atoms with Crippen LogP contribution in [0.4, 0.5) is 0 Å². The molecule has 22 heavy (non-hydrogen) atoms. The Bertz CT molecular complexity index is 667. The van der Waals surface area contributed by atoms with E-state index in [9.17, 15) is 5.21 Å². The molecule has 0 aliphatic heterocycles. The molecule has 0 amide bonds. The van der Waals surface area contributed by atoms with Crippen molar-refractivity contribution >= 4 is 23.7 Å². The summed E-state index contributed by atoms with van der Waals surface area (Å²) in [6.45, 7) is 0. The van der Waals surface area contributed by atoms with Crippen molar-refractivity contribution in [2.45, 2.75) is 0 Å². The molecule has 0 spiro atoms. The molecule has 0 fully saturated rings. The minimum atomic E-state index is 0.321. The maximum Gasteiger partial charge on any atom is 0.195 e. The second kappa shape index (κ2) is 7.47. The van der Waals surface area contributed by atoms with Crippen molar-refractivity contribution in [1.29, 1.82) is 0 Å². The Morgan fingerprint density at radius 1 is 1.14 bits per heavy atom. The van der Waals surface area contributed by atoms with E-state index in [1.54, 1.807) is 44.6 Å². The van der Waals surface area contributed by atoms with Gasteiger partial charge < -0.3 is 9.94 Å². The minimum absolute atomic E-state index is 0.321. The zero-order chi connectivity index (χ0) is 15.9. The third kappa shape index (κ3) is 3.99. The summed E-state index contributed by atoms with van der Waals surface area (Å²) in [7, 11) is 3.32. The number of hydrogen-bond acceptors (Lipinski definition) is 4. The highest BCUT2D eigenvalue weighted by Gasteiger charge is 2.09. The van der Waals surface area contributed by atoms with Gasteiger partial charge in [0.1, 0.15) is 5.75 Å². The second-order valence-electron chi connectivity index (χ2n) is 4.47. The largest absolute Gasteiger partial charge is 0.497 e. The molecule has 0 unspecified atom stereocenters. The van der Waals surface area contributed by atoms with Gasteiger partial charge in [0.25, 0.3) is 0 Å². The summed E-state index contributed by atoms with van der Waals surface area (Å²) in [6, 6.07) is 14.4. The monoisotopic (exact) mass is 317 g/mol. The molecule has 1 N–H and O–H groups in total. The number of hydrazone groups is 1. The molecule has 114 valence electrons. The molecule has 0 atom stereocenters. The molecule has 0 saturated carbocycles. The topological polar surface area (TPSA) is 57.4 Å². The van der Waals surface area contributed by atoms with Crippen LogP contribution >= 0.6 is 11.6 Å². The molecule has 2 aromatic carbocycles. The Morgan fingerprint density at radius 3 is 2.32 bits per heavy atom. The van der Waals surface area contributed by atoms with E-state index in [1.807, 2.05) is 24.3 Å². The number of rotatable bonds is 4. The van der Waals surface area contributed by atoms with Crippen LogP contribution in [0.1, 0.15) is 11.1 Å². The van der Waals surface area contributed by atoms with Crippen molar-refractivity contribution in [3.63, 3.8) is 0 Å². The van der Waals surface area contributed by atoms with Crippen LogP contribution in [0, 0.1) is 0 Å². The number of oxime groups is 1. The lowest BCUT2D eigenvalue weighted by atomic mass is 10.2. The molecule has 0 aliphatic carbocycles. The van der Waals surface area contributed by atoms with Crippen molar-refractivity contribution in [2.24, 2.45) is 10.3 Å². The number of ether oxygens (including phenoxy) is 1. The number of nitrogens with zero attached hydrogens (tertiary/aromatic N) is 3. The summed E-state index contributed by atoms with van der Waals surface area (Å²) < 4.78 is 5.10. The fourth-order valence-corrected chi connectivity index (χ4v) is 1.93. The first-order valence-electron chi connectivity index (χ1n) is 6.54. The van der Waals surface area contributed by atoms with Crippen LogP contribution in [0.25, 0.3) is 0 Å². The number of benzene rings is 2. The fraction of sp³-hybridized carbons (Fsp3) is 0.125. The molecule has 0 radical (unpaired) electrons. The van der Waals surface area contributed by atoms with Crippen LogP contribution in [-0.4, -0.2) is 36.4 Å². The van der Waals surface area contributed by atoms with E-state index < -0.39 is 0 Å². The van der Waals surface area contributed by atoms with Gasteiger partial charge >= 0.3 is 0 Å². The van der Waals surface area contributed by atoms with Gasteiger partial charge in [-0.05, 0) is 54.1 Å². The average Bonchev–Trinajstić information content (AvgIpc) is 2.56. The molecule has 2 aromatic rings. The van der Waals surface area contributed by atoms with Crippen molar-refractivity contribution in [3.05, 3.63) is 64.7 Å². The van der Waals surface area contributed by atoms with Gasteiger partial charge in [0, 0.05) is 17.6 Å². The highest BCUT2D eigenvalue weighted by atomic mass is 35.5. The van der Waals surface area contributed by atoms with Crippen LogP contribution < -0.4 is 4.74 Å². The van der Waals surface area contributed by atoms with Gasteiger partial charge in [-0.1, -0.05) is 16.8 Å². The van der Waals surface area contributed by atoms with Gasteiger partial charge in [0.15, 0.2) is 5.84 Å². The smallest absolute Gasteiger partial charge is 0.195 e. The molecular formula is C16H16ClN3O2. The van der Waals surface area contributed by atoms with Crippen LogP contribution in [0.2, 0.25) is 5.02 Å². The van der Waals surface area contributed by atoms with Gasteiger partial charge in [-0.3, -0.25) is 0 Å². The molecule has 0 aliphatic rings. The number of hydrogen-bond donors (Lipinski definition) is 1. The SMILES string of the molecule is COc1ccc(/C=N\N(C)/C(=N\O)c2ccc(Cl)cc2)cc1. The van der Waals surface area contributed by atoms with E-state index in [2.05, 4.69) is 10.3 Å². The summed E-state index contributed by atoms with van der Waals surface area (Å²) in [5, 5.41) is 18.9. The lowest BCUT2D eigenvalue weighted by Crippen LogP contribution is -2.22. The summed E-state index contributed by atoms with van der Waals surface area (Å²) in [5.74, 6) is 1.10. The van der Waals surface area contributed by atoms with Crippen LogP contribution in [0.5, 0.6) is 5.75 Å². The first kappa shape index (κ1) is 15.9. The zero-order valence-corrected chi connectivity index (χ0v) is 13.0. The van der Waals surface area contributed by atoms with E-state index in [0.29, 0.717) is 16.4 Å². The predicted octanol–water partition coefficient (Wildman–Crippen LogP) is 3.45. The Morgan fingerprint density at radius 2 is 1.77 bits per heavy atom. The van der Waals surface area contributed by atoms with Gasteiger partial charge in [-0.2, -0.15) is 5.10 Å². The van der Waals surface area contributed by atoms with Gasteiger partial charge in [0.05, 0.1) is 13.3 Å². The standard InChI is InChI=1S/C16H16ClN3O2/c1-20(16(19-21)13-5-7-14(17)8-6-13)18-11-12-3-9-15(22-2)10-4-12/h3-11,21H,1-2H3/b18-11-,19-16-. The van der Waals surface area contributed by atoms with Crippen molar-refractivity contribution in [1.82, 2.24) is 5.01 Å². The molecule has 2 rings (SSSR count). The van der Waals surface area contributed by atoms with E-state index in [1.165, 1.54) is 5.01 Å². The maximum absolute atomic E-state index is 9.21. The van der Waals surface area contributed by atoms with Gasteiger partial charge in [-0.25, -0.2) is 5.01 Å². The normalized spacial score (nSPS) is 11.7. The highest BCUT2D eigenvalue weighted by Crippen LogP contribution is 2.13. The Balaban J connectivity index is 2.13. The molecule has 6 heteroatoms. The minimum Gasteiger partial charge on any atom is -0.497 e. The number of methoxy groups -OCH3 is 1. The summed E-state index contributed by atoms with van der Waals surface area (Å²) >= 11 is 5.85. The van der Waals surface area contributed by atoms with E-state index in [4.69, 9.17) is 16.3 Å². The number of halogens is 1. The van der Waals surface area contributed by atoms with Crippen molar-refractivity contribution in [3.8, 4) is 5.75 Å². The lowest BCUT2D eigenvalue weighted by molar-refractivity contribution is 0.308. The first-order valence-corrected chi connectivity index (χ1v) is 6.91. The molecule has 0 bridgehead atoms. The Labute approximate surface area is 134 Å². The molecule has 5 nitrogen and oxygen atoms in total. The Hall–Kier alpha value is -2.53. The zero-order valence-electron chi connectivity index (χ0n) is 12.3. The molecular weight excluding hydrogens is 302 g/mol. The maximum atomic E-state index is 9.21.